The van der Waals surface area contributed by atoms with Crippen LogP contribution in [0.25, 0.3) is 22.9 Å². The van der Waals surface area contributed by atoms with Gasteiger partial charge in [-0.05, 0) is 42.5 Å². The molecule has 0 atom stereocenters. The average Bonchev–Trinajstić information content (AvgIpc) is 3.04. The normalized spacial score (nSPS) is 11.3. The maximum atomic E-state index is 12.1. The standard InChI is InChI=1S/C16H9F3N2O4/c17-16(18,19)25-12-6-4-9(5-7-12)13-20-21-14(24-13)10-2-1-3-11(8-10)15(22)23/h1-8H,(H,22,23). The summed E-state index contributed by atoms with van der Waals surface area (Å²) in [5, 5.41) is 16.6. The molecular formula is C16H9F3N2O4. The van der Waals surface area contributed by atoms with Gasteiger partial charge >= 0.3 is 12.3 Å². The number of rotatable bonds is 4. The largest absolute Gasteiger partial charge is 0.573 e. The van der Waals surface area contributed by atoms with Gasteiger partial charge in [0.15, 0.2) is 0 Å². The van der Waals surface area contributed by atoms with Crippen LogP contribution >= 0.6 is 0 Å². The van der Waals surface area contributed by atoms with Crippen molar-refractivity contribution in [2.45, 2.75) is 6.36 Å². The lowest BCUT2D eigenvalue weighted by molar-refractivity contribution is -0.274. The third kappa shape index (κ3) is 3.94. The molecule has 9 heteroatoms. The number of aromatic carboxylic acids is 1. The van der Waals surface area contributed by atoms with E-state index in [9.17, 15) is 18.0 Å². The number of hydrogen-bond acceptors (Lipinski definition) is 5. The Morgan fingerprint density at radius 1 is 1.00 bits per heavy atom. The van der Waals surface area contributed by atoms with E-state index in [1.165, 1.54) is 30.3 Å². The van der Waals surface area contributed by atoms with Crippen LogP contribution in [0.5, 0.6) is 5.75 Å². The van der Waals surface area contributed by atoms with Crippen LogP contribution in [0.15, 0.2) is 52.9 Å². The first-order valence-corrected chi connectivity index (χ1v) is 6.85. The summed E-state index contributed by atoms with van der Waals surface area (Å²) in [7, 11) is 0. The number of carboxylic acid groups (broad SMARTS) is 1. The molecule has 2 aromatic carbocycles. The summed E-state index contributed by atoms with van der Waals surface area (Å²) in [5.41, 5.74) is 0.865. The number of halogens is 3. The zero-order valence-electron chi connectivity index (χ0n) is 12.3. The van der Waals surface area contributed by atoms with Gasteiger partial charge < -0.3 is 14.3 Å². The van der Waals surface area contributed by atoms with Crippen LogP contribution in [-0.4, -0.2) is 27.6 Å². The van der Waals surface area contributed by atoms with Gasteiger partial charge in [0.05, 0.1) is 5.56 Å². The molecule has 0 bridgehead atoms. The van der Waals surface area contributed by atoms with Gasteiger partial charge in [0, 0.05) is 11.1 Å². The minimum atomic E-state index is -4.77. The third-order valence-electron chi connectivity index (χ3n) is 3.12. The Balaban J connectivity index is 1.84. The Labute approximate surface area is 138 Å². The van der Waals surface area contributed by atoms with Crippen molar-refractivity contribution in [3.63, 3.8) is 0 Å². The Morgan fingerprint density at radius 2 is 1.64 bits per heavy atom. The Kier molecular flexibility index (Phi) is 4.14. The second kappa shape index (κ2) is 6.27. The Bertz CT molecular complexity index is 904. The summed E-state index contributed by atoms with van der Waals surface area (Å²) in [6.07, 6.45) is -4.77. The molecule has 0 aliphatic rings. The summed E-state index contributed by atoms with van der Waals surface area (Å²) in [6.45, 7) is 0. The lowest BCUT2D eigenvalue weighted by Crippen LogP contribution is -2.16. The zero-order chi connectivity index (χ0) is 18.0. The fourth-order valence-corrected chi connectivity index (χ4v) is 2.04. The van der Waals surface area contributed by atoms with Crippen molar-refractivity contribution in [1.29, 1.82) is 0 Å². The summed E-state index contributed by atoms with van der Waals surface area (Å²) in [5.74, 6) is -1.30. The molecule has 0 radical (unpaired) electrons. The number of carboxylic acids is 1. The van der Waals surface area contributed by atoms with Gasteiger partial charge in [0.25, 0.3) is 0 Å². The van der Waals surface area contributed by atoms with E-state index in [-0.39, 0.29) is 23.1 Å². The molecule has 1 heterocycles. The van der Waals surface area contributed by atoms with Crippen LogP contribution in [0.3, 0.4) is 0 Å². The number of alkyl halides is 3. The van der Waals surface area contributed by atoms with E-state index in [4.69, 9.17) is 9.52 Å². The molecule has 0 spiro atoms. The molecule has 128 valence electrons. The lowest BCUT2D eigenvalue weighted by atomic mass is 10.1. The van der Waals surface area contributed by atoms with Gasteiger partial charge in [-0.25, -0.2) is 4.79 Å². The highest BCUT2D eigenvalue weighted by Gasteiger charge is 2.31. The number of carbonyl (C=O) groups is 1. The van der Waals surface area contributed by atoms with E-state index in [1.54, 1.807) is 6.07 Å². The first-order valence-electron chi connectivity index (χ1n) is 6.85. The summed E-state index contributed by atoms with van der Waals surface area (Å²) >= 11 is 0. The van der Waals surface area contributed by atoms with E-state index in [0.717, 1.165) is 12.1 Å². The lowest BCUT2D eigenvalue weighted by Gasteiger charge is -2.08. The van der Waals surface area contributed by atoms with Crippen molar-refractivity contribution < 1.29 is 32.2 Å². The average molecular weight is 350 g/mol. The van der Waals surface area contributed by atoms with Gasteiger partial charge in [-0.1, -0.05) is 6.07 Å². The molecule has 1 aromatic heterocycles. The Morgan fingerprint density at radius 3 is 2.24 bits per heavy atom. The van der Waals surface area contributed by atoms with Crippen LogP contribution in [0, 0.1) is 0 Å². The molecule has 0 aliphatic carbocycles. The first kappa shape index (κ1) is 16.5. The maximum Gasteiger partial charge on any atom is 0.573 e. The highest BCUT2D eigenvalue weighted by Crippen LogP contribution is 2.28. The third-order valence-corrected chi connectivity index (χ3v) is 3.12. The zero-order valence-corrected chi connectivity index (χ0v) is 12.3. The van der Waals surface area contributed by atoms with Crippen molar-refractivity contribution >= 4 is 5.97 Å². The minimum absolute atomic E-state index is 0.0610. The van der Waals surface area contributed by atoms with E-state index in [0.29, 0.717) is 11.1 Å². The predicted molar refractivity (Wildman–Crippen MR) is 78.8 cm³/mol. The molecule has 0 fully saturated rings. The van der Waals surface area contributed by atoms with Crippen LogP contribution in [0.2, 0.25) is 0 Å². The fourth-order valence-electron chi connectivity index (χ4n) is 2.04. The molecule has 0 aliphatic heterocycles. The maximum absolute atomic E-state index is 12.1. The van der Waals surface area contributed by atoms with Crippen molar-refractivity contribution in [3.05, 3.63) is 54.1 Å². The summed E-state index contributed by atoms with van der Waals surface area (Å²) in [4.78, 5) is 11.0. The number of hydrogen-bond donors (Lipinski definition) is 1. The fraction of sp³-hybridized carbons (Fsp3) is 0.0625. The molecule has 0 saturated carbocycles. The van der Waals surface area contributed by atoms with Crippen molar-refractivity contribution in [1.82, 2.24) is 10.2 Å². The Hall–Kier alpha value is -3.36. The molecule has 6 nitrogen and oxygen atoms in total. The van der Waals surface area contributed by atoms with E-state index in [2.05, 4.69) is 14.9 Å². The topological polar surface area (TPSA) is 85.5 Å². The van der Waals surface area contributed by atoms with Gasteiger partial charge in [0.2, 0.25) is 11.8 Å². The molecule has 3 aromatic rings. The van der Waals surface area contributed by atoms with Crippen molar-refractivity contribution in [2.24, 2.45) is 0 Å². The number of ether oxygens (including phenoxy) is 1. The molecular weight excluding hydrogens is 341 g/mol. The minimum Gasteiger partial charge on any atom is -0.478 e. The quantitative estimate of drug-likeness (QED) is 0.765. The van der Waals surface area contributed by atoms with E-state index < -0.39 is 12.3 Å². The van der Waals surface area contributed by atoms with Crippen LogP contribution in [0.4, 0.5) is 13.2 Å². The van der Waals surface area contributed by atoms with Crippen molar-refractivity contribution in [3.8, 4) is 28.7 Å². The number of aromatic nitrogens is 2. The molecule has 25 heavy (non-hydrogen) atoms. The summed E-state index contributed by atoms with van der Waals surface area (Å²) in [6, 6.07) is 10.9. The molecule has 0 saturated heterocycles. The van der Waals surface area contributed by atoms with E-state index in [1.807, 2.05) is 0 Å². The molecule has 3 rings (SSSR count). The highest BCUT2D eigenvalue weighted by molar-refractivity contribution is 5.88. The monoisotopic (exact) mass is 350 g/mol. The molecule has 0 unspecified atom stereocenters. The number of nitrogens with zero attached hydrogens (tertiary/aromatic N) is 2. The van der Waals surface area contributed by atoms with Gasteiger partial charge in [-0.3, -0.25) is 0 Å². The van der Waals surface area contributed by atoms with Crippen LogP contribution in [-0.2, 0) is 0 Å². The highest BCUT2D eigenvalue weighted by atomic mass is 19.4. The van der Waals surface area contributed by atoms with Crippen LogP contribution < -0.4 is 4.74 Å². The smallest absolute Gasteiger partial charge is 0.478 e. The molecule has 0 amide bonds. The number of benzene rings is 2. The van der Waals surface area contributed by atoms with E-state index >= 15 is 0 Å². The SMILES string of the molecule is O=C(O)c1cccc(-c2nnc(-c3ccc(OC(F)(F)F)cc3)o2)c1. The van der Waals surface area contributed by atoms with Crippen molar-refractivity contribution in [2.75, 3.05) is 0 Å². The van der Waals surface area contributed by atoms with Gasteiger partial charge in [0.1, 0.15) is 5.75 Å². The second-order valence-corrected chi connectivity index (χ2v) is 4.87. The first-order chi connectivity index (χ1) is 11.8. The molecule has 1 N–H and O–H groups in total. The summed E-state index contributed by atoms with van der Waals surface area (Å²) < 4.78 is 45.7. The van der Waals surface area contributed by atoms with Gasteiger partial charge in [-0.15, -0.1) is 23.4 Å². The van der Waals surface area contributed by atoms with Gasteiger partial charge in [-0.2, -0.15) is 0 Å². The second-order valence-electron chi connectivity index (χ2n) is 4.87. The van der Waals surface area contributed by atoms with Crippen LogP contribution in [0.1, 0.15) is 10.4 Å². The predicted octanol–water partition coefficient (Wildman–Crippen LogP) is 4.00.